The topological polar surface area (TPSA) is 46.5 Å². The van der Waals surface area contributed by atoms with Crippen molar-refractivity contribution in [2.45, 2.75) is 12.5 Å². The van der Waals surface area contributed by atoms with Crippen LogP contribution in [0.2, 0.25) is 5.02 Å². The Bertz CT molecular complexity index is 405. The third-order valence-electron chi connectivity index (χ3n) is 2.03. The molecule has 0 spiro atoms. The highest BCUT2D eigenvalue weighted by Crippen LogP contribution is 2.35. The fourth-order valence-electron chi connectivity index (χ4n) is 1.42. The number of aliphatic carboxylic acids is 1. The molecule has 0 amide bonds. The Labute approximate surface area is 99.2 Å². The number of fused-ring (bicyclic) bond motifs is 1. The van der Waals surface area contributed by atoms with Crippen molar-refractivity contribution in [1.29, 1.82) is 0 Å². The lowest BCUT2D eigenvalue weighted by molar-refractivity contribution is -0.144. The maximum atomic E-state index is 10.7. The zero-order valence-electron chi connectivity index (χ0n) is 6.96. The Morgan fingerprint density at radius 2 is 2.36 bits per heavy atom. The van der Waals surface area contributed by atoms with E-state index in [9.17, 15) is 4.79 Å². The van der Waals surface area contributed by atoms with Gasteiger partial charge in [0.2, 0.25) is 0 Å². The van der Waals surface area contributed by atoms with Gasteiger partial charge >= 0.3 is 5.97 Å². The van der Waals surface area contributed by atoms with Crippen LogP contribution in [0.3, 0.4) is 0 Å². The summed E-state index contributed by atoms with van der Waals surface area (Å²) in [6.07, 6.45) is -0.377. The van der Waals surface area contributed by atoms with E-state index >= 15 is 0 Å². The summed E-state index contributed by atoms with van der Waals surface area (Å²) in [7, 11) is 0. The standard InChI is InChI=1S/C9H6ClIO3/c10-5-1-4-2-7(9(12)13)14-8(4)6(11)3-5/h1,3,7H,2H2,(H,12,13)/t7-/m1/s1. The minimum absolute atomic E-state index is 0.390. The molecule has 0 saturated heterocycles. The van der Waals surface area contributed by atoms with Crippen molar-refractivity contribution in [3.8, 4) is 5.75 Å². The molecule has 1 aromatic carbocycles. The molecule has 0 bridgehead atoms. The number of hydrogen-bond donors (Lipinski definition) is 1. The number of rotatable bonds is 1. The van der Waals surface area contributed by atoms with Gasteiger partial charge in [-0.05, 0) is 34.7 Å². The predicted molar refractivity (Wildman–Crippen MR) is 59.9 cm³/mol. The molecule has 0 radical (unpaired) electrons. The van der Waals surface area contributed by atoms with Crippen molar-refractivity contribution in [2.75, 3.05) is 0 Å². The average Bonchev–Trinajstić information content (AvgIpc) is 2.47. The molecule has 1 aliphatic rings. The molecule has 1 aliphatic heterocycles. The molecule has 1 aromatic rings. The van der Waals surface area contributed by atoms with Crippen LogP contribution in [0, 0.1) is 3.57 Å². The molecule has 0 saturated carbocycles. The minimum Gasteiger partial charge on any atom is -0.478 e. The molecule has 2 rings (SSSR count). The zero-order valence-corrected chi connectivity index (χ0v) is 9.87. The summed E-state index contributed by atoms with van der Waals surface area (Å²) in [4.78, 5) is 10.7. The van der Waals surface area contributed by atoms with Crippen molar-refractivity contribution in [3.05, 3.63) is 26.3 Å². The van der Waals surface area contributed by atoms with Gasteiger partial charge in [-0.25, -0.2) is 4.79 Å². The van der Waals surface area contributed by atoms with E-state index in [1.54, 1.807) is 12.1 Å². The average molecular weight is 325 g/mol. The van der Waals surface area contributed by atoms with Crippen LogP contribution in [0.4, 0.5) is 0 Å². The molecule has 1 heterocycles. The summed E-state index contributed by atoms with van der Waals surface area (Å²) >= 11 is 7.93. The van der Waals surface area contributed by atoms with E-state index in [0.29, 0.717) is 17.2 Å². The lowest BCUT2D eigenvalue weighted by atomic mass is 10.1. The summed E-state index contributed by atoms with van der Waals surface area (Å²) in [5.74, 6) is -0.282. The molecule has 0 aromatic heterocycles. The summed E-state index contributed by atoms with van der Waals surface area (Å²) in [6, 6.07) is 3.51. The molecule has 1 atom stereocenters. The molecular formula is C9H6ClIO3. The van der Waals surface area contributed by atoms with Crippen LogP contribution in [0.5, 0.6) is 5.75 Å². The highest BCUT2D eigenvalue weighted by atomic mass is 127. The fraction of sp³-hybridized carbons (Fsp3) is 0.222. The zero-order chi connectivity index (χ0) is 10.3. The lowest BCUT2D eigenvalue weighted by Gasteiger charge is -2.05. The first-order chi connectivity index (χ1) is 6.58. The first kappa shape index (κ1) is 10.0. The first-order valence-corrected chi connectivity index (χ1v) is 5.41. The molecule has 0 fully saturated rings. The van der Waals surface area contributed by atoms with Crippen LogP contribution >= 0.6 is 34.2 Å². The molecule has 5 heteroatoms. The number of carboxylic acids is 1. The Morgan fingerprint density at radius 1 is 1.64 bits per heavy atom. The number of benzene rings is 1. The third kappa shape index (κ3) is 1.68. The van der Waals surface area contributed by atoms with Gasteiger partial charge in [0, 0.05) is 17.0 Å². The van der Waals surface area contributed by atoms with Crippen LogP contribution in [-0.2, 0) is 11.2 Å². The van der Waals surface area contributed by atoms with E-state index < -0.39 is 12.1 Å². The fourth-order valence-corrected chi connectivity index (χ4v) is 2.65. The normalized spacial score (nSPS) is 18.9. The Kier molecular flexibility index (Phi) is 2.57. The number of ether oxygens (including phenoxy) is 1. The second kappa shape index (κ2) is 3.58. The van der Waals surface area contributed by atoms with E-state index in [1.165, 1.54) is 0 Å². The van der Waals surface area contributed by atoms with Gasteiger partial charge < -0.3 is 9.84 Å². The highest BCUT2D eigenvalue weighted by Gasteiger charge is 2.30. The summed E-state index contributed by atoms with van der Waals surface area (Å²) < 4.78 is 6.14. The quantitative estimate of drug-likeness (QED) is 0.807. The SMILES string of the molecule is O=C(O)[C@H]1Cc2cc(Cl)cc(I)c2O1. The Balaban J connectivity index is 2.39. The van der Waals surface area contributed by atoms with E-state index in [1.807, 2.05) is 0 Å². The number of carbonyl (C=O) groups is 1. The maximum absolute atomic E-state index is 10.7. The van der Waals surface area contributed by atoms with Gasteiger partial charge in [0.25, 0.3) is 0 Å². The Morgan fingerprint density at radius 3 is 3.00 bits per heavy atom. The van der Waals surface area contributed by atoms with Gasteiger partial charge in [0.15, 0.2) is 6.10 Å². The van der Waals surface area contributed by atoms with Crippen molar-refractivity contribution in [1.82, 2.24) is 0 Å². The molecule has 1 N–H and O–H groups in total. The van der Waals surface area contributed by atoms with Crippen LogP contribution in [0.1, 0.15) is 5.56 Å². The van der Waals surface area contributed by atoms with E-state index in [0.717, 1.165) is 9.13 Å². The van der Waals surface area contributed by atoms with Crippen molar-refractivity contribution >= 4 is 40.2 Å². The van der Waals surface area contributed by atoms with Crippen LogP contribution in [0.15, 0.2) is 12.1 Å². The van der Waals surface area contributed by atoms with Crippen molar-refractivity contribution in [2.24, 2.45) is 0 Å². The summed E-state index contributed by atoms with van der Waals surface area (Å²) in [5, 5.41) is 9.40. The number of carboxylic acid groups (broad SMARTS) is 1. The van der Waals surface area contributed by atoms with Gasteiger partial charge in [-0.15, -0.1) is 0 Å². The first-order valence-electron chi connectivity index (χ1n) is 3.95. The maximum Gasteiger partial charge on any atom is 0.345 e. The van der Waals surface area contributed by atoms with Gasteiger partial charge in [-0.1, -0.05) is 11.6 Å². The molecule has 74 valence electrons. The lowest BCUT2D eigenvalue weighted by Crippen LogP contribution is -2.24. The third-order valence-corrected chi connectivity index (χ3v) is 3.05. The van der Waals surface area contributed by atoms with E-state index in [-0.39, 0.29) is 0 Å². The van der Waals surface area contributed by atoms with Crippen LogP contribution in [-0.4, -0.2) is 17.2 Å². The van der Waals surface area contributed by atoms with Gasteiger partial charge in [0.05, 0.1) is 3.57 Å². The summed E-state index contributed by atoms with van der Waals surface area (Å²) in [5.41, 5.74) is 0.870. The predicted octanol–water partition coefficient (Wildman–Crippen LogP) is 2.33. The van der Waals surface area contributed by atoms with E-state index in [2.05, 4.69) is 22.6 Å². The minimum atomic E-state index is -0.937. The smallest absolute Gasteiger partial charge is 0.345 e. The molecule has 0 aliphatic carbocycles. The molecular weight excluding hydrogens is 318 g/mol. The molecule has 0 unspecified atom stereocenters. The second-order valence-corrected chi connectivity index (χ2v) is 4.62. The second-order valence-electron chi connectivity index (χ2n) is 3.02. The largest absolute Gasteiger partial charge is 0.478 e. The van der Waals surface area contributed by atoms with E-state index in [4.69, 9.17) is 21.4 Å². The highest BCUT2D eigenvalue weighted by molar-refractivity contribution is 14.1. The number of hydrogen-bond acceptors (Lipinski definition) is 2. The van der Waals surface area contributed by atoms with Gasteiger partial charge in [-0.2, -0.15) is 0 Å². The Hall–Kier alpha value is -0.490. The van der Waals surface area contributed by atoms with Crippen LogP contribution in [0.25, 0.3) is 0 Å². The van der Waals surface area contributed by atoms with Gasteiger partial charge in [-0.3, -0.25) is 0 Å². The van der Waals surface area contributed by atoms with Gasteiger partial charge in [0.1, 0.15) is 5.75 Å². The van der Waals surface area contributed by atoms with Crippen molar-refractivity contribution < 1.29 is 14.6 Å². The monoisotopic (exact) mass is 324 g/mol. The van der Waals surface area contributed by atoms with Crippen LogP contribution < -0.4 is 4.74 Å². The summed E-state index contributed by atoms with van der Waals surface area (Å²) in [6.45, 7) is 0. The molecule has 14 heavy (non-hydrogen) atoms. The molecule has 3 nitrogen and oxygen atoms in total. The number of halogens is 2. The van der Waals surface area contributed by atoms with Crippen molar-refractivity contribution in [3.63, 3.8) is 0 Å².